The SMILES string of the molecule is CCNC(C)(O)NCC. The van der Waals surface area contributed by atoms with Crippen molar-refractivity contribution in [2.24, 2.45) is 0 Å². The maximum absolute atomic E-state index is 9.29. The minimum absolute atomic E-state index is 0.764. The number of hydrogen-bond acceptors (Lipinski definition) is 3. The Morgan fingerprint density at radius 2 is 1.56 bits per heavy atom. The summed E-state index contributed by atoms with van der Waals surface area (Å²) in [7, 11) is 0. The summed E-state index contributed by atoms with van der Waals surface area (Å²) >= 11 is 0. The Morgan fingerprint density at radius 1 is 1.22 bits per heavy atom. The first kappa shape index (κ1) is 8.88. The zero-order valence-electron chi connectivity index (χ0n) is 6.36. The van der Waals surface area contributed by atoms with Gasteiger partial charge in [-0.25, -0.2) is 0 Å². The molecule has 0 saturated heterocycles. The smallest absolute Gasteiger partial charge is 0.168 e. The largest absolute Gasteiger partial charge is 0.363 e. The quantitative estimate of drug-likeness (QED) is 0.467. The third-order valence-electron chi connectivity index (χ3n) is 1.04. The Hall–Kier alpha value is -0.120. The molecule has 0 aliphatic carbocycles. The van der Waals surface area contributed by atoms with E-state index in [0.29, 0.717) is 0 Å². The Kier molecular flexibility index (Phi) is 3.77. The Morgan fingerprint density at radius 3 is 1.78 bits per heavy atom. The predicted octanol–water partition coefficient (Wildman–Crippen LogP) is -0.129. The highest BCUT2D eigenvalue weighted by Gasteiger charge is 2.14. The van der Waals surface area contributed by atoms with Crippen LogP contribution in [0, 0.1) is 0 Å². The molecule has 3 heteroatoms. The standard InChI is InChI=1S/C6H16N2O/c1-4-7-6(3,9)8-5-2/h7-9H,4-5H2,1-3H3. The Bertz CT molecular complexity index is 65.5. The van der Waals surface area contributed by atoms with Gasteiger partial charge in [-0.15, -0.1) is 0 Å². The molecule has 0 rings (SSSR count). The molecular formula is C6H16N2O. The van der Waals surface area contributed by atoms with Crippen LogP contribution in [-0.2, 0) is 0 Å². The number of nitrogens with one attached hydrogen (secondary N) is 2. The normalized spacial score (nSPS) is 12.0. The van der Waals surface area contributed by atoms with Gasteiger partial charge in [-0.05, 0) is 20.0 Å². The summed E-state index contributed by atoms with van der Waals surface area (Å²) in [6.45, 7) is 7.12. The molecule has 0 saturated carbocycles. The van der Waals surface area contributed by atoms with Gasteiger partial charge >= 0.3 is 0 Å². The molecule has 0 aliphatic heterocycles. The highest BCUT2D eigenvalue weighted by Crippen LogP contribution is 1.88. The second kappa shape index (κ2) is 3.82. The van der Waals surface area contributed by atoms with E-state index in [1.165, 1.54) is 0 Å². The summed E-state index contributed by atoms with van der Waals surface area (Å²) in [6, 6.07) is 0. The minimum atomic E-state index is -0.899. The van der Waals surface area contributed by atoms with E-state index in [2.05, 4.69) is 10.6 Å². The molecule has 3 nitrogen and oxygen atoms in total. The van der Waals surface area contributed by atoms with Crippen LogP contribution in [0.4, 0.5) is 0 Å². The molecular weight excluding hydrogens is 116 g/mol. The van der Waals surface area contributed by atoms with Crippen LogP contribution in [0.5, 0.6) is 0 Å². The molecule has 0 aromatic heterocycles. The summed E-state index contributed by atoms with van der Waals surface area (Å²) in [5.41, 5.74) is 0. The number of hydrogen-bond donors (Lipinski definition) is 3. The van der Waals surface area contributed by atoms with Crippen LogP contribution in [0.25, 0.3) is 0 Å². The third-order valence-corrected chi connectivity index (χ3v) is 1.04. The molecule has 0 unspecified atom stereocenters. The summed E-state index contributed by atoms with van der Waals surface area (Å²) in [5.74, 6) is -0.899. The van der Waals surface area contributed by atoms with Crippen molar-refractivity contribution in [3.05, 3.63) is 0 Å². The highest BCUT2D eigenvalue weighted by molar-refractivity contribution is 4.63. The monoisotopic (exact) mass is 132 g/mol. The van der Waals surface area contributed by atoms with E-state index in [-0.39, 0.29) is 0 Å². The van der Waals surface area contributed by atoms with Gasteiger partial charge in [0, 0.05) is 0 Å². The fraction of sp³-hybridized carbons (Fsp3) is 1.00. The van der Waals surface area contributed by atoms with Crippen molar-refractivity contribution in [2.45, 2.75) is 26.6 Å². The van der Waals surface area contributed by atoms with E-state index in [0.717, 1.165) is 13.1 Å². The number of aliphatic hydroxyl groups is 1. The number of rotatable bonds is 4. The highest BCUT2D eigenvalue weighted by atomic mass is 16.3. The first-order valence-corrected chi connectivity index (χ1v) is 3.34. The van der Waals surface area contributed by atoms with Gasteiger partial charge in [0.25, 0.3) is 0 Å². The van der Waals surface area contributed by atoms with Crippen LogP contribution >= 0.6 is 0 Å². The second-order valence-corrected chi connectivity index (χ2v) is 2.13. The molecule has 0 fully saturated rings. The van der Waals surface area contributed by atoms with Gasteiger partial charge in [-0.2, -0.15) is 0 Å². The molecule has 3 N–H and O–H groups in total. The van der Waals surface area contributed by atoms with E-state index >= 15 is 0 Å². The molecule has 0 radical (unpaired) electrons. The topological polar surface area (TPSA) is 44.3 Å². The van der Waals surface area contributed by atoms with Gasteiger partial charge in [-0.3, -0.25) is 10.6 Å². The summed E-state index contributed by atoms with van der Waals surface area (Å²) in [5, 5.41) is 15.0. The van der Waals surface area contributed by atoms with Crippen molar-refractivity contribution in [1.29, 1.82) is 0 Å². The molecule has 0 aliphatic rings. The first-order valence-electron chi connectivity index (χ1n) is 3.34. The van der Waals surface area contributed by atoms with E-state index in [1.807, 2.05) is 13.8 Å². The molecule has 0 aromatic rings. The van der Waals surface area contributed by atoms with Crippen LogP contribution in [-0.4, -0.2) is 24.0 Å². The summed E-state index contributed by atoms with van der Waals surface area (Å²) < 4.78 is 0. The van der Waals surface area contributed by atoms with Crippen LogP contribution in [0.1, 0.15) is 20.8 Å². The maximum atomic E-state index is 9.29. The van der Waals surface area contributed by atoms with Crippen molar-refractivity contribution >= 4 is 0 Å². The molecule has 0 amide bonds. The van der Waals surface area contributed by atoms with Crippen molar-refractivity contribution in [2.75, 3.05) is 13.1 Å². The Labute approximate surface area is 56.5 Å². The molecule has 56 valence electrons. The van der Waals surface area contributed by atoms with Gasteiger partial charge in [0.15, 0.2) is 5.85 Å². The van der Waals surface area contributed by atoms with Crippen LogP contribution in [0.2, 0.25) is 0 Å². The zero-order valence-corrected chi connectivity index (χ0v) is 6.36. The molecule has 0 spiro atoms. The Balaban J connectivity index is 3.43. The van der Waals surface area contributed by atoms with Crippen molar-refractivity contribution in [3.8, 4) is 0 Å². The van der Waals surface area contributed by atoms with Gasteiger partial charge in [0.2, 0.25) is 0 Å². The van der Waals surface area contributed by atoms with E-state index < -0.39 is 5.85 Å². The lowest BCUT2D eigenvalue weighted by atomic mass is 10.4. The van der Waals surface area contributed by atoms with Gasteiger partial charge in [-0.1, -0.05) is 13.8 Å². The van der Waals surface area contributed by atoms with Crippen molar-refractivity contribution < 1.29 is 5.11 Å². The average Bonchev–Trinajstić information content (AvgIpc) is 1.64. The van der Waals surface area contributed by atoms with Gasteiger partial charge < -0.3 is 5.11 Å². The van der Waals surface area contributed by atoms with Crippen molar-refractivity contribution in [1.82, 2.24) is 10.6 Å². The van der Waals surface area contributed by atoms with Gasteiger partial charge in [0.1, 0.15) is 0 Å². The lowest BCUT2D eigenvalue weighted by Crippen LogP contribution is -2.54. The van der Waals surface area contributed by atoms with Crippen LogP contribution in [0.3, 0.4) is 0 Å². The minimum Gasteiger partial charge on any atom is -0.363 e. The average molecular weight is 132 g/mol. The lowest BCUT2D eigenvalue weighted by Gasteiger charge is -2.24. The van der Waals surface area contributed by atoms with Crippen molar-refractivity contribution in [3.63, 3.8) is 0 Å². The molecule has 0 atom stereocenters. The lowest BCUT2D eigenvalue weighted by molar-refractivity contribution is -0.00636. The first-order chi connectivity index (χ1) is 4.12. The molecule has 0 heterocycles. The summed E-state index contributed by atoms with van der Waals surface area (Å²) in [6.07, 6.45) is 0. The fourth-order valence-electron chi connectivity index (χ4n) is 0.751. The van der Waals surface area contributed by atoms with Crippen LogP contribution in [0.15, 0.2) is 0 Å². The molecule has 9 heavy (non-hydrogen) atoms. The zero-order chi connectivity index (χ0) is 7.33. The van der Waals surface area contributed by atoms with Crippen LogP contribution < -0.4 is 10.6 Å². The third kappa shape index (κ3) is 4.39. The van der Waals surface area contributed by atoms with Gasteiger partial charge in [0.05, 0.1) is 0 Å². The maximum Gasteiger partial charge on any atom is 0.168 e. The summed E-state index contributed by atoms with van der Waals surface area (Å²) in [4.78, 5) is 0. The second-order valence-electron chi connectivity index (χ2n) is 2.13. The van der Waals surface area contributed by atoms with E-state index in [4.69, 9.17) is 0 Å². The molecule has 0 aromatic carbocycles. The van der Waals surface area contributed by atoms with E-state index in [9.17, 15) is 5.11 Å². The fourth-order valence-corrected chi connectivity index (χ4v) is 0.751. The molecule has 0 bridgehead atoms. The predicted molar refractivity (Wildman–Crippen MR) is 38.0 cm³/mol. The van der Waals surface area contributed by atoms with E-state index in [1.54, 1.807) is 6.92 Å².